The molecule has 0 bridgehead atoms. The van der Waals surface area contributed by atoms with Gasteiger partial charge in [-0.2, -0.15) is 0 Å². The molecule has 1 atom stereocenters. The second-order valence-corrected chi connectivity index (χ2v) is 5.66. The zero-order chi connectivity index (χ0) is 15.2. The van der Waals surface area contributed by atoms with E-state index in [9.17, 15) is 4.39 Å². The lowest BCUT2D eigenvalue weighted by Crippen LogP contribution is -2.25. The molecule has 1 N–H and O–H groups in total. The minimum Gasteiger partial charge on any atom is -0.310 e. The number of hydrogen-bond acceptors (Lipinski definition) is 1. The van der Waals surface area contributed by atoms with Gasteiger partial charge >= 0.3 is 0 Å². The third-order valence-corrected chi connectivity index (χ3v) is 3.83. The molecule has 0 fully saturated rings. The van der Waals surface area contributed by atoms with Gasteiger partial charge < -0.3 is 5.32 Å². The second-order valence-electron chi connectivity index (χ2n) is 5.66. The van der Waals surface area contributed by atoms with Gasteiger partial charge in [0.1, 0.15) is 5.82 Å². The average molecular weight is 285 g/mol. The fourth-order valence-electron chi connectivity index (χ4n) is 2.63. The van der Waals surface area contributed by atoms with Crippen molar-refractivity contribution in [2.75, 3.05) is 6.54 Å². The van der Waals surface area contributed by atoms with Crippen LogP contribution in [0, 0.1) is 19.7 Å². The maximum atomic E-state index is 13.9. The highest BCUT2D eigenvalue weighted by molar-refractivity contribution is 5.34. The smallest absolute Gasteiger partial charge is 0.126 e. The van der Waals surface area contributed by atoms with Crippen molar-refractivity contribution >= 4 is 0 Å². The van der Waals surface area contributed by atoms with Crippen LogP contribution in [0.5, 0.6) is 0 Å². The summed E-state index contributed by atoms with van der Waals surface area (Å²) in [5, 5.41) is 3.56. The van der Waals surface area contributed by atoms with Crippen LogP contribution >= 0.6 is 0 Å². The fourth-order valence-corrected chi connectivity index (χ4v) is 2.63. The Hall–Kier alpha value is -1.67. The van der Waals surface area contributed by atoms with Crippen molar-refractivity contribution in [2.24, 2.45) is 0 Å². The molecule has 2 aromatic carbocycles. The van der Waals surface area contributed by atoms with Crippen LogP contribution in [0.4, 0.5) is 4.39 Å². The maximum absolute atomic E-state index is 13.9. The molecule has 1 unspecified atom stereocenters. The van der Waals surface area contributed by atoms with Crippen molar-refractivity contribution < 1.29 is 4.39 Å². The quantitative estimate of drug-likeness (QED) is 0.809. The van der Waals surface area contributed by atoms with Crippen LogP contribution in [0.15, 0.2) is 42.5 Å². The molecule has 0 aliphatic heterocycles. The highest BCUT2D eigenvalue weighted by atomic mass is 19.1. The summed E-state index contributed by atoms with van der Waals surface area (Å²) in [5.41, 5.74) is 4.54. The monoisotopic (exact) mass is 285 g/mol. The molecule has 0 spiro atoms. The van der Waals surface area contributed by atoms with E-state index >= 15 is 0 Å². The number of halogens is 1. The molecule has 21 heavy (non-hydrogen) atoms. The van der Waals surface area contributed by atoms with E-state index in [1.54, 1.807) is 6.07 Å². The lowest BCUT2D eigenvalue weighted by Gasteiger charge is -2.22. The van der Waals surface area contributed by atoms with E-state index in [-0.39, 0.29) is 11.9 Å². The van der Waals surface area contributed by atoms with Crippen LogP contribution in [0.1, 0.15) is 41.6 Å². The number of benzene rings is 2. The Morgan fingerprint density at radius 1 is 1.10 bits per heavy atom. The van der Waals surface area contributed by atoms with Crippen LogP contribution in [-0.4, -0.2) is 6.54 Å². The Morgan fingerprint density at radius 2 is 1.86 bits per heavy atom. The van der Waals surface area contributed by atoms with Crippen LogP contribution in [0.3, 0.4) is 0 Å². The maximum Gasteiger partial charge on any atom is 0.126 e. The molecule has 0 saturated carbocycles. The Kier molecular flexibility index (Phi) is 5.51. The van der Waals surface area contributed by atoms with E-state index in [4.69, 9.17) is 0 Å². The highest BCUT2D eigenvalue weighted by Gasteiger charge is 2.15. The molecule has 1 nitrogen and oxygen atoms in total. The van der Waals surface area contributed by atoms with Gasteiger partial charge in [-0.25, -0.2) is 4.39 Å². The molecule has 0 saturated heterocycles. The van der Waals surface area contributed by atoms with E-state index in [0.29, 0.717) is 6.42 Å². The van der Waals surface area contributed by atoms with Crippen LogP contribution in [0.25, 0.3) is 0 Å². The lowest BCUT2D eigenvalue weighted by atomic mass is 9.93. The molecule has 2 aromatic rings. The molecule has 0 aromatic heterocycles. The first-order valence-corrected chi connectivity index (χ1v) is 7.65. The van der Waals surface area contributed by atoms with E-state index in [2.05, 4.69) is 44.3 Å². The molecule has 0 radical (unpaired) electrons. The first-order chi connectivity index (χ1) is 10.1. The number of aryl methyl sites for hydroxylation is 2. The van der Waals surface area contributed by atoms with Crippen molar-refractivity contribution in [2.45, 2.75) is 39.7 Å². The van der Waals surface area contributed by atoms with E-state index in [1.165, 1.54) is 22.8 Å². The summed E-state index contributed by atoms with van der Waals surface area (Å²) in [6, 6.07) is 13.7. The average Bonchev–Trinajstić information content (AvgIpc) is 2.48. The fraction of sp³-hybridized carbons (Fsp3) is 0.368. The van der Waals surface area contributed by atoms with Gasteiger partial charge in [0.05, 0.1) is 0 Å². The largest absolute Gasteiger partial charge is 0.310 e. The Labute approximate surface area is 127 Å². The third kappa shape index (κ3) is 4.15. The first-order valence-electron chi connectivity index (χ1n) is 7.65. The SMILES string of the molecule is CCCNC(Cc1ccccc1F)c1cc(C)ccc1C. The number of nitrogens with one attached hydrogen (secondary N) is 1. The van der Waals surface area contributed by atoms with Crippen LogP contribution < -0.4 is 5.32 Å². The van der Waals surface area contributed by atoms with E-state index < -0.39 is 0 Å². The molecule has 0 aliphatic carbocycles. The zero-order valence-corrected chi connectivity index (χ0v) is 13.1. The summed E-state index contributed by atoms with van der Waals surface area (Å²) in [4.78, 5) is 0. The Morgan fingerprint density at radius 3 is 2.57 bits per heavy atom. The van der Waals surface area contributed by atoms with Gasteiger partial charge in [-0.05, 0) is 56.0 Å². The van der Waals surface area contributed by atoms with Gasteiger partial charge in [-0.15, -0.1) is 0 Å². The van der Waals surface area contributed by atoms with Crippen molar-refractivity contribution in [3.63, 3.8) is 0 Å². The molecule has 0 heterocycles. The Balaban J connectivity index is 2.30. The molecular weight excluding hydrogens is 261 g/mol. The van der Waals surface area contributed by atoms with Gasteiger partial charge in [0.15, 0.2) is 0 Å². The minimum atomic E-state index is -0.119. The normalized spacial score (nSPS) is 12.4. The summed E-state index contributed by atoms with van der Waals surface area (Å²) in [7, 11) is 0. The summed E-state index contributed by atoms with van der Waals surface area (Å²) >= 11 is 0. The van der Waals surface area contributed by atoms with Crippen LogP contribution in [-0.2, 0) is 6.42 Å². The lowest BCUT2D eigenvalue weighted by molar-refractivity contribution is 0.511. The predicted octanol–water partition coefficient (Wildman–Crippen LogP) is 4.73. The van der Waals surface area contributed by atoms with Crippen LogP contribution in [0.2, 0.25) is 0 Å². The molecule has 2 rings (SSSR count). The second kappa shape index (κ2) is 7.37. The van der Waals surface area contributed by atoms with Gasteiger partial charge in [0, 0.05) is 6.04 Å². The molecule has 0 amide bonds. The standard InChI is InChI=1S/C19H24FN/c1-4-11-21-19(13-16-7-5-6-8-18(16)20)17-12-14(2)9-10-15(17)3/h5-10,12,19,21H,4,11,13H2,1-3H3. The molecule has 112 valence electrons. The van der Waals surface area contributed by atoms with Gasteiger partial charge in [-0.3, -0.25) is 0 Å². The Bertz CT molecular complexity index is 592. The predicted molar refractivity (Wildman–Crippen MR) is 87.1 cm³/mol. The first kappa shape index (κ1) is 15.7. The van der Waals surface area contributed by atoms with Crippen molar-refractivity contribution in [3.05, 3.63) is 70.5 Å². The summed E-state index contributed by atoms with van der Waals surface area (Å²) in [5.74, 6) is -0.119. The summed E-state index contributed by atoms with van der Waals surface area (Å²) in [6.07, 6.45) is 1.75. The molecule has 0 aliphatic rings. The topological polar surface area (TPSA) is 12.0 Å². The summed E-state index contributed by atoms with van der Waals surface area (Å²) < 4.78 is 13.9. The van der Waals surface area contributed by atoms with Crippen molar-refractivity contribution in [1.29, 1.82) is 0 Å². The van der Waals surface area contributed by atoms with Crippen molar-refractivity contribution in [3.8, 4) is 0 Å². The summed E-state index contributed by atoms with van der Waals surface area (Å²) in [6.45, 7) is 7.31. The van der Waals surface area contributed by atoms with E-state index in [1.807, 2.05) is 12.1 Å². The number of rotatable bonds is 6. The minimum absolute atomic E-state index is 0.119. The third-order valence-electron chi connectivity index (χ3n) is 3.83. The zero-order valence-electron chi connectivity index (χ0n) is 13.1. The van der Waals surface area contributed by atoms with E-state index in [0.717, 1.165) is 18.5 Å². The highest BCUT2D eigenvalue weighted by Crippen LogP contribution is 2.24. The van der Waals surface area contributed by atoms with Gasteiger partial charge in [0.2, 0.25) is 0 Å². The van der Waals surface area contributed by atoms with Crippen molar-refractivity contribution in [1.82, 2.24) is 5.32 Å². The molecule has 2 heteroatoms. The number of hydrogen-bond donors (Lipinski definition) is 1. The molecular formula is C19H24FN. The van der Waals surface area contributed by atoms with Gasteiger partial charge in [0.25, 0.3) is 0 Å². The van der Waals surface area contributed by atoms with Gasteiger partial charge in [-0.1, -0.05) is 48.9 Å².